The largest absolute Gasteiger partial charge is 0.365 e. The maximum absolute atomic E-state index is 13.1. The zero-order chi connectivity index (χ0) is 23.0. The summed E-state index contributed by atoms with van der Waals surface area (Å²) in [5.74, 6) is 0.590. The third-order valence-electron chi connectivity index (χ3n) is 7.03. The van der Waals surface area contributed by atoms with Crippen molar-refractivity contribution in [1.29, 1.82) is 0 Å². The number of hydrogen-bond acceptors (Lipinski definition) is 5. The zero-order valence-electron chi connectivity index (χ0n) is 20.4. The van der Waals surface area contributed by atoms with Crippen molar-refractivity contribution in [3.63, 3.8) is 0 Å². The average molecular weight is 453 g/mol. The van der Waals surface area contributed by atoms with Gasteiger partial charge in [0.05, 0.1) is 24.1 Å². The lowest BCUT2D eigenvalue weighted by atomic mass is 9.85. The minimum Gasteiger partial charge on any atom is -0.365 e. The molecular weight excluding hydrogens is 412 g/mol. The number of piperazine rings is 1. The smallest absolute Gasteiger partial charge is 0.225 e. The van der Waals surface area contributed by atoms with E-state index in [2.05, 4.69) is 58.5 Å². The summed E-state index contributed by atoms with van der Waals surface area (Å²) < 4.78 is 1.97. The minimum atomic E-state index is 0.218. The third kappa shape index (κ3) is 6.34. The highest BCUT2D eigenvalue weighted by atomic mass is 16.2. The van der Waals surface area contributed by atoms with Gasteiger partial charge in [-0.1, -0.05) is 26.3 Å². The molecule has 7 nitrogen and oxygen atoms in total. The Kier molecular flexibility index (Phi) is 8.37. The summed E-state index contributed by atoms with van der Waals surface area (Å²) in [5.41, 5.74) is 3.33. The van der Waals surface area contributed by atoms with Crippen LogP contribution in [0.4, 0.5) is 5.69 Å². The van der Waals surface area contributed by atoms with Gasteiger partial charge in [-0.2, -0.15) is 5.10 Å². The van der Waals surface area contributed by atoms with Crippen LogP contribution in [0.15, 0.2) is 30.6 Å². The van der Waals surface area contributed by atoms with Crippen LogP contribution >= 0.6 is 0 Å². The number of pyridine rings is 1. The number of carbonyl (C=O) groups is 1. The van der Waals surface area contributed by atoms with E-state index in [4.69, 9.17) is 4.98 Å². The van der Waals surface area contributed by atoms with Crippen molar-refractivity contribution >= 4 is 11.6 Å². The Balaban J connectivity index is 1.24. The predicted molar refractivity (Wildman–Crippen MR) is 132 cm³/mol. The molecule has 0 aromatic carbocycles. The number of anilines is 1. The molecule has 180 valence electrons. The summed E-state index contributed by atoms with van der Waals surface area (Å²) >= 11 is 0. The van der Waals surface area contributed by atoms with Crippen molar-refractivity contribution in [2.75, 3.05) is 37.6 Å². The molecule has 2 aromatic heterocycles. The van der Waals surface area contributed by atoms with E-state index in [0.717, 1.165) is 88.3 Å². The summed E-state index contributed by atoms with van der Waals surface area (Å²) in [6, 6.07) is 6.85. The molecule has 0 radical (unpaired) electrons. The quantitative estimate of drug-likeness (QED) is 0.631. The van der Waals surface area contributed by atoms with Crippen LogP contribution in [-0.4, -0.2) is 64.3 Å². The Morgan fingerprint density at radius 2 is 1.79 bits per heavy atom. The highest BCUT2D eigenvalue weighted by molar-refractivity contribution is 5.79. The van der Waals surface area contributed by atoms with Crippen LogP contribution in [0.2, 0.25) is 0 Å². The molecule has 4 rings (SSSR count). The normalized spacial score (nSPS) is 21.4. The van der Waals surface area contributed by atoms with Crippen molar-refractivity contribution in [2.24, 2.45) is 5.92 Å². The number of aryl methyl sites for hydroxylation is 1. The van der Waals surface area contributed by atoms with E-state index in [-0.39, 0.29) is 5.92 Å². The zero-order valence-corrected chi connectivity index (χ0v) is 20.4. The molecule has 0 atom stereocenters. The highest BCUT2D eigenvalue weighted by Crippen LogP contribution is 2.27. The SMILES string of the molecule is CCCNC1CCC(C(=O)N2CCN(c3cnn(Cc4cccc(CCC)n4)c3)CC2)CC1. The van der Waals surface area contributed by atoms with E-state index < -0.39 is 0 Å². The monoisotopic (exact) mass is 452 g/mol. The fourth-order valence-electron chi connectivity index (χ4n) is 5.12. The summed E-state index contributed by atoms with van der Waals surface area (Å²) in [5, 5.41) is 8.18. The molecule has 1 aliphatic carbocycles. The van der Waals surface area contributed by atoms with E-state index in [1.54, 1.807) is 0 Å². The van der Waals surface area contributed by atoms with Crippen LogP contribution in [0.5, 0.6) is 0 Å². The number of aromatic nitrogens is 3. The van der Waals surface area contributed by atoms with Gasteiger partial charge >= 0.3 is 0 Å². The number of nitrogens with one attached hydrogen (secondary N) is 1. The standard InChI is InChI=1S/C26H40N6O/c1-3-6-23-7-5-8-24(29-23)19-32-20-25(18-28-32)30-14-16-31(17-15-30)26(33)21-9-11-22(12-10-21)27-13-4-2/h5,7-8,18,20-22,27H,3-4,6,9-17,19H2,1-2H3. The van der Waals surface area contributed by atoms with Crippen LogP contribution in [0.25, 0.3) is 0 Å². The Morgan fingerprint density at radius 3 is 2.52 bits per heavy atom. The van der Waals surface area contributed by atoms with Crippen molar-refractivity contribution < 1.29 is 4.79 Å². The van der Waals surface area contributed by atoms with Crippen LogP contribution in [0.1, 0.15) is 63.8 Å². The van der Waals surface area contributed by atoms with E-state index in [0.29, 0.717) is 18.5 Å². The molecule has 2 fully saturated rings. The molecule has 2 aliphatic rings. The lowest BCUT2D eigenvalue weighted by Gasteiger charge is -2.38. The molecule has 1 saturated carbocycles. The fraction of sp³-hybridized carbons (Fsp3) is 0.654. The molecule has 1 saturated heterocycles. The molecule has 7 heteroatoms. The Labute approximate surface area is 198 Å². The van der Waals surface area contributed by atoms with Gasteiger partial charge in [0, 0.05) is 50.0 Å². The fourth-order valence-corrected chi connectivity index (χ4v) is 5.12. The molecule has 3 heterocycles. The maximum atomic E-state index is 13.1. The first kappa shape index (κ1) is 23.7. The van der Waals surface area contributed by atoms with Crippen molar-refractivity contribution in [3.05, 3.63) is 42.0 Å². The van der Waals surface area contributed by atoms with Gasteiger partial charge in [-0.25, -0.2) is 0 Å². The van der Waals surface area contributed by atoms with Gasteiger partial charge in [-0.15, -0.1) is 0 Å². The number of amides is 1. The van der Waals surface area contributed by atoms with Crippen LogP contribution < -0.4 is 10.2 Å². The number of hydrogen-bond donors (Lipinski definition) is 1. The summed E-state index contributed by atoms with van der Waals surface area (Å²) in [4.78, 5) is 22.3. The van der Waals surface area contributed by atoms with Crippen molar-refractivity contribution in [1.82, 2.24) is 25.0 Å². The van der Waals surface area contributed by atoms with Crippen LogP contribution in [-0.2, 0) is 17.8 Å². The molecule has 2 aromatic rings. The molecule has 1 amide bonds. The lowest BCUT2D eigenvalue weighted by molar-refractivity contribution is -0.137. The Bertz CT molecular complexity index is 880. The second-order valence-corrected chi connectivity index (χ2v) is 9.58. The summed E-state index contributed by atoms with van der Waals surface area (Å²) in [6.45, 7) is 9.51. The average Bonchev–Trinajstić information content (AvgIpc) is 3.31. The van der Waals surface area contributed by atoms with Crippen LogP contribution in [0, 0.1) is 5.92 Å². The van der Waals surface area contributed by atoms with Crippen LogP contribution in [0.3, 0.4) is 0 Å². The van der Waals surface area contributed by atoms with Gasteiger partial charge in [-0.3, -0.25) is 14.5 Å². The van der Waals surface area contributed by atoms with Gasteiger partial charge in [0.1, 0.15) is 0 Å². The van der Waals surface area contributed by atoms with Gasteiger partial charge in [0.2, 0.25) is 5.91 Å². The summed E-state index contributed by atoms with van der Waals surface area (Å²) in [7, 11) is 0. The first-order valence-electron chi connectivity index (χ1n) is 12.9. The molecule has 33 heavy (non-hydrogen) atoms. The third-order valence-corrected chi connectivity index (χ3v) is 7.03. The molecule has 0 bridgehead atoms. The van der Waals surface area contributed by atoms with E-state index >= 15 is 0 Å². The number of nitrogens with zero attached hydrogens (tertiary/aromatic N) is 5. The first-order valence-corrected chi connectivity index (χ1v) is 12.9. The van der Waals surface area contributed by atoms with Gasteiger partial charge in [0.15, 0.2) is 0 Å². The van der Waals surface area contributed by atoms with Gasteiger partial charge in [-0.05, 0) is 57.2 Å². The molecular formula is C26H40N6O. The number of carbonyl (C=O) groups excluding carboxylic acids is 1. The molecule has 0 unspecified atom stereocenters. The van der Waals surface area contributed by atoms with E-state index in [1.165, 1.54) is 6.42 Å². The summed E-state index contributed by atoms with van der Waals surface area (Å²) in [6.07, 6.45) is 11.7. The van der Waals surface area contributed by atoms with Crippen molar-refractivity contribution in [2.45, 2.75) is 71.4 Å². The second kappa shape index (κ2) is 11.6. The van der Waals surface area contributed by atoms with Crippen molar-refractivity contribution in [3.8, 4) is 0 Å². The highest BCUT2D eigenvalue weighted by Gasteiger charge is 2.31. The minimum absolute atomic E-state index is 0.218. The second-order valence-electron chi connectivity index (χ2n) is 9.58. The molecule has 0 spiro atoms. The lowest BCUT2D eigenvalue weighted by Crippen LogP contribution is -2.51. The molecule has 1 aliphatic heterocycles. The predicted octanol–water partition coefficient (Wildman–Crippen LogP) is 3.49. The maximum Gasteiger partial charge on any atom is 0.225 e. The number of rotatable bonds is 9. The van der Waals surface area contributed by atoms with E-state index in [1.807, 2.05) is 10.9 Å². The first-order chi connectivity index (χ1) is 16.2. The topological polar surface area (TPSA) is 66.3 Å². The Morgan fingerprint density at radius 1 is 1.03 bits per heavy atom. The Hall–Kier alpha value is -2.41. The molecule has 1 N–H and O–H groups in total. The van der Waals surface area contributed by atoms with Gasteiger partial charge < -0.3 is 15.1 Å². The van der Waals surface area contributed by atoms with E-state index in [9.17, 15) is 4.79 Å². The van der Waals surface area contributed by atoms with Gasteiger partial charge in [0.25, 0.3) is 0 Å².